The van der Waals surface area contributed by atoms with Crippen LogP contribution in [0.1, 0.15) is 23.7 Å². The van der Waals surface area contributed by atoms with Gasteiger partial charge in [-0.3, -0.25) is 4.79 Å². The summed E-state index contributed by atoms with van der Waals surface area (Å²) in [5, 5.41) is 12.2. The van der Waals surface area contributed by atoms with Crippen molar-refractivity contribution >= 4 is 22.7 Å². The van der Waals surface area contributed by atoms with Gasteiger partial charge in [-0.2, -0.15) is 5.10 Å². The molecule has 0 aliphatic rings. The van der Waals surface area contributed by atoms with Gasteiger partial charge in [0, 0.05) is 17.5 Å². The van der Waals surface area contributed by atoms with Gasteiger partial charge in [0.2, 0.25) is 0 Å². The van der Waals surface area contributed by atoms with E-state index in [1.807, 2.05) is 51.2 Å². The summed E-state index contributed by atoms with van der Waals surface area (Å²) in [7, 11) is 0. The van der Waals surface area contributed by atoms with Crippen molar-refractivity contribution in [2.45, 2.75) is 27.3 Å². The Kier molecular flexibility index (Phi) is 3.92. The van der Waals surface area contributed by atoms with Gasteiger partial charge in [-0.05, 0) is 38.5 Å². The summed E-state index contributed by atoms with van der Waals surface area (Å²) in [6, 6.07) is 7.51. The molecule has 23 heavy (non-hydrogen) atoms. The molecular weight excluding hydrogens is 292 g/mol. The molecule has 0 atom stereocenters. The molecule has 0 unspecified atom stereocenters. The zero-order valence-electron chi connectivity index (χ0n) is 13.3. The van der Waals surface area contributed by atoms with Crippen LogP contribution in [0.15, 0.2) is 35.6 Å². The number of nitrogens with zero attached hydrogens (tertiary/aromatic N) is 4. The minimum absolute atomic E-state index is 0.0718. The Morgan fingerprint density at radius 2 is 2.13 bits per heavy atom. The van der Waals surface area contributed by atoms with Crippen molar-refractivity contribution in [2.75, 3.05) is 0 Å². The summed E-state index contributed by atoms with van der Waals surface area (Å²) in [5.41, 5.74) is 8.07. The molecule has 1 aromatic carbocycles. The van der Waals surface area contributed by atoms with E-state index >= 15 is 0 Å². The molecule has 0 radical (unpaired) electrons. The number of benzene rings is 1. The van der Waals surface area contributed by atoms with Crippen LogP contribution in [0.4, 0.5) is 0 Å². The number of rotatable bonds is 4. The normalized spacial score (nSPS) is 11.9. The summed E-state index contributed by atoms with van der Waals surface area (Å²) in [5.74, 6) is -0.245. The van der Waals surface area contributed by atoms with Gasteiger partial charge in [0.15, 0.2) is 0 Å². The second-order valence-corrected chi connectivity index (χ2v) is 5.44. The number of hydrazone groups is 1. The molecule has 2 aromatic heterocycles. The van der Waals surface area contributed by atoms with Gasteiger partial charge in [-0.1, -0.05) is 17.3 Å². The van der Waals surface area contributed by atoms with Crippen LogP contribution in [-0.4, -0.2) is 31.6 Å². The van der Waals surface area contributed by atoms with Gasteiger partial charge >= 0.3 is 0 Å². The first-order valence-electron chi connectivity index (χ1n) is 7.32. The van der Waals surface area contributed by atoms with Crippen LogP contribution in [-0.2, 0) is 11.3 Å². The summed E-state index contributed by atoms with van der Waals surface area (Å²) in [6.45, 7) is 5.92. The number of carbonyl (C=O) groups excluding carboxylic acids is 1. The minimum atomic E-state index is -0.245. The van der Waals surface area contributed by atoms with E-state index in [1.165, 1.54) is 0 Å². The number of amides is 1. The third kappa shape index (κ3) is 2.98. The maximum atomic E-state index is 12.1. The summed E-state index contributed by atoms with van der Waals surface area (Å²) >= 11 is 0. The largest absolute Gasteiger partial charge is 0.364 e. The number of aromatic amines is 1. The average molecular weight is 310 g/mol. The molecule has 0 saturated heterocycles. The molecule has 0 fully saturated rings. The minimum Gasteiger partial charge on any atom is -0.364 e. The predicted molar refractivity (Wildman–Crippen MR) is 88.1 cm³/mol. The lowest BCUT2D eigenvalue weighted by molar-refractivity contribution is -0.121. The Bertz CT molecular complexity index is 870. The second kappa shape index (κ2) is 6.04. The molecule has 3 aromatic rings. The molecule has 2 heterocycles. The van der Waals surface area contributed by atoms with Crippen LogP contribution in [0.3, 0.4) is 0 Å². The van der Waals surface area contributed by atoms with Crippen molar-refractivity contribution in [3.05, 3.63) is 47.3 Å². The van der Waals surface area contributed by atoms with E-state index in [2.05, 4.69) is 25.8 Å². The Morgan fingerprint density at radius 3 is 2.87 bits per heavy atom. The number of aromatic nitrogens is 4. The van der Waals surface area contributed by atoms with Crippen molar-refractivity contribution in [1.82, 2.24) is 25.4 Å². The van der Waals surface area contributed by atoms with Crippen molar-refractivity contribution in [3.63, 3.8) is 0 Å². The number of aryl methyl sites for hydroxylation is 2. The molecule has 7 heteroatoms. The highest BCUT2D eigenvalue weighted by Gasteiger charge is 2.10. The Balaban J connectivity index is 1.71. The first kappa shape index (κ1) is 15.0. The molecule has 0 aliphatic carbocycles. The van der Waals surface area contributed by atoms with E-state index in [9.17, 15) is 4.79 Å². The molecule has 0 spiro atoms. The van der Waals surface area contributed by atoms with Gasteiger partial charge in [0.05, 0.1) is 11.2 Å². The Labute approximate surface area is 133 Å². The zero-order chi connectivity index (χ0) is 16.4. The SMILES string of the molecule is C/C(=N\NC(=O)Cn1nnc2ccccc21)c1c(C)c[nH]c1C. The van der Waals surface area contributed by atoms with Crippen molar-refractivity contribution < 1.29 is 4.79 Å². The van der Waals surface area contributed by atoms with Crippen LogP contribution >= 0.6 is 0 Å². The van der Waals surface area contributed by atoms with Gasteiger partial charge in [-0.15, -0.1) is 5.10 Å². The number of nitrogens with one attached hydrogen (secondary N) is 2. The molecule has 0 aliphatic heterocycles. The fourth-order valence-electron chi connectivity index (χ4n) is 2.62. The predicted octanol–water partition coefficient (Wildman–Crippen LogP) is 1.92. The summed E-state index contributed by atoms with van der Waals surface area (Å²) < 4.78 is 1.56. The van der Waals surface area contributed by atoms with E-state index < -0.39 is 0 Å². The van der Waals surface area contributed by atoms with Crippen LogP contribution in [0.2, 0.25) is 0 Å². The molecule has 3 rings (SSSR count). The van der Waals surface area contributed by atoms with E-state index in [-0.39, 0.29) is 12.5 Å². The highest BCUT2D eigenvalue weighted by Crippen LogP contribution is 2.13. The maximum Gasteiger partial charge on any atom is 0.261 e. The molecular formula is C16H18N6O. The zero-order valence-corrected chi connectivity index (χ0v) is 13.3. The van der Waals surface area contributed by atoms with Crippen LogP contribution in [0.25, 0.3) is 11.0 Å². The highest BCUT2D eigenvalue weighted by molar-refractivity contribution is 6.01. The number of hydrogen-bond acceptors (Lipinski definition) is 4. The third-order valence-electron chi connectivity index (χ3n) is 3.70. The fraction of sp³-hybridized carbons (Fsp3) is 0.250. The van der Waals surface area contributed by atoms with Gasteiger partial charge in [0.25, 0.3) is 5.91 Å². The first-order chi connectivity index (χ1) is 11.1. The number of para-hydroxylation sites is 1. The lowest BCUT2D eigenvalue weighted by Gasteiger charge is -2.04. The average Bonchev–Trinajstić information content (AvgIpc) is 3.09. The highest BCUT2D eigenvalue weighted by atomic mass is 16.2. The number of hydrogen-bond donors (Lipinski definition) is 2. The topological polar surface area (TPSA) is 88.0 Å². The summed E-state index contributed by atoms with van der Waals surface area (Å²) in [6.07, 6.45) is 1.92. The van der Waals surface area contributed by atoms with Gasteiger partial charge in [-0.25, -0.2) is 10.1 Å². The lowest BCUT2D eigenvalue weighted by Crippen LogP contribution is -2.25. The molecule has 1 amide bonds. The van der Waals surface area contributed by atoms with Crippen LogP contribution in [0, 0.1) is 13.8 Å². The van der Waals surface area contributed by atoms with E-state index in [0.29, 0.717) is 0 Å². The molecule has 7 nitrogen and oxygen atoms in total. The van der Waals surface area contributed by atoms with Crippen molar-refractivity contribution in [3.8, 4) is 0 Å². The Hall–Kier alpha value is -2.96. The monoisotopic (exact) mass is 310 g/mol. The lowest BCUT2D eigenvalue weighted by atomic mass is 10.1. The van der Waals surface area contributed by atoms with Crippen molar-refractivity contribution in [2.24, 2.45) is 5.10 Å². The second-order valence-electron chi connectivity index (χ2n) is 5.44. The Morgan fingerprint density at radius 1 is 1.35 bits per heavy atom. The number of carbonyl (C=O) groups is 1. The molecule has 0 bridgehead atoms. The van der Waals surface area contributed by atoms with E-state index in [1.54, 1.807) is 4.68 Å². The molecule has 0 saturated carbocycles. The quantitative estimate of drug-likeness (QED) is 0.570. The third-order valence-corrected chi connectivity index (χ3v) is 3.70. The number of H-pyrrole nitrogens is 1. The standard InChI is InChI=1S/C16H18N6O/c1-10-8-17-11(2)16(10)12(3)18-20-15(23)9-22-14-7-5-4-6-13(14)19-21-22/h4-8,17H,9H2,1-3H3,(H,20,23)/b18-12+. The maximum absolute atomic E-state index is 12.1. The van der Waals surface area contributed by atoms with E-state index in [0.717, 1.165) is 33.6 Å². The fourth-order valence-corrected chi connectivity index (χ4v) is 2.62. The smallest absolute Gasteiger partial charge is 0.261 e. The number of fused-ring (bicyclic) bond motifs is 1. The van der Waals surface area contributed by atoms with Crippen LogP contribution in [0.5, 0.6) is 0 Å². The van der Waals surface area contributed by atoms with Gasteiger partial charge in [0.1, 0.15) is 12.1 Å². The molecule has 118 valence electrons. The van der Waals surface area contributed by atoms with Crippen LogP contribution < -0.4 is 5.43 Å². The molecule has 2 N–H and O–H groups in total. The van der Waals surface area contributed by atoms with E-state index in [4.69, 9.17) is 0 Å². The summed E-state index contributed by atoms with van der Waals surface area (Å²) in [4.78, 5) is 15.2. The van der Waals surface area contributed by atoms with Gasteiger partial charge < -0.3 is 4.98 Å². The first-order valence-corrected chi connectivity index (χ1v) is 7.32. The van der Waals surface area contributed by atoms with Crippen molar-refractivity contribution in [1.29, 1.82) is 0 Å².